The highest BCUT2D eigenvalue weighted by Gasteiger charge is 2.56. The van der Waals surface area contributed by atoms with Gasteiger partial charge in [-0.2, -0.15) is 5.10 Å². The molecule has 8 rings (SSSR count). The quantitative estimate of drug-likeness (QED) is 0.0922. The molecule has 12 nitrogen and oxygen atoms in total. The summed E-state index contributed by atoms with van der Waals surface area (Å²) in [5, 5.41) is 9.76. The fraction of sp³-hybridized carbons (Fsp3) is 0.262. The van der Waals surface area contributed by atoms with Gasteiger partial charge in [0.05, 0.1) is 28.5 Å². The van der Waals surface area contributed by atoms with Crippen molar-refractivity contribution in [3.63, 3.8) is 0 Å². The number of amides is 2. The average Bonchev–Trinajstić information content (AvgIpc) is 3.69. The van der Waals surface area contributed by atoms with Gasteiger partial charge in [0.15, 0.2) is 11.6 Å². The molecule has 1 saturated heterocycles. The standard InChI is InChI=1S/C42H39F2N7O5S/c1-49-15-17-50(18-16-49)25-27-3-2-4-28(21-27)39(52)55-20-19-51-26-29(24-46-51)37-23-34-38(57-37)36(11-14-45-34)56-35-10-9-32(22-33(35)44)48-41(54)42(12-13-42)40(53)47-31-7-5-30(43)6-8-31/h2-11,14,21-24,26H,12-13,15-20,25H2,1H3,(H,47,53)(H,48,54). The van der Waals surface area contributed by atoms with Crippen LogP contribution in [0.15, 0.2) is 97.5 Å². The van der Waals surface area contributed by atoms with Crippen LogP contribution in [0.5, 0.6) is 11.5 Å². The molecule has 0 bridgehead atoms. The van der Waals surface area contributed by atoms with Gasteiger partial charge in [0.25, 0.3) is 0 Å². The number of benzene rings is 3. The number of likely N-dealkylation sites (N-methyl/N-ethyl adjacent to an activating group) is 1. The largest absolute Gasteiger partial charge is 0.460 e. The van der Waals surface area contributed by atoms with Crippen LogP contribution in [0.4, 0.5) is 20.2 Å². The minimum atomic E-state index is -1.29. The Labute approximate surface area is 331 Å². The Kier molecular flexibility index (Phi) is 10.8. The first-order chi connectivity index (χ1) is 27.6. The van der Waals surface area contributed by atoms with Crippen LogP contribution in [-0.2, 0) is 27.4 Å². The minimum Gasteiger partial charge on any atom is -0.460 e. The molecule has 2 fully saturated rings. The molecule has 292 valence electrons. The molecular weight excluding hydrogens is 753 g/mol. The minimum absolute atomic E-state index is 0.0604. The van der Waals surface area contributed by atoms with Crippen LogP contribution in [0.2, 0.25) is 0 Å². The molecular formula is C42H39F2N7O5S. The Hall–Kier alpha value is -6.03. The smallest absolute Gasteiger partial charge is 0.338 e. The number of carbonyl (C=O) groups is 3. The Morgan fingerprint density at radius 2 is 1.63 bits per heavy atom. The molecule has 57 heavy (non-hydrogen) atoms. The number of halogens is 2. The van der Waals surface area contributed by atoms with E-state index in [0.717, 1.165) is 54.8 Å². The number of piperazine rings is 1. The lowest BCUT2D eigenvalue weighted by Crippen LogP contribution is -2.43. The average molecular weight is 792 g/mol. The van der Waals surface area contributed by atoms with E-state index in [0.29, 0.717) is 46.6 Å². The summed E-state index contributed by atoms with van der Waals surface area (Å²) in [6.07, 6.45) is 5.83. The van der Waals surface area contributed by atoms with Crippen LogP contribution >= 0.6 is 11.3 Å². The molecule has 3 aromatic carbocycles. The summed E-state index contributed by atoms with van der Waals surface area (Å²) in [5.74, 6) is -2.26. The van der Waals surface area contributed by atoms with Crippen molar-refractivity contribution in [2.45, 2.75) is 25.9 Å². The summed E-state index contributed by atoms with van der Waals surface area (Å²) in [4.78, 5) is 48.9. The van der Waals surface area contributed by atoms with E-state index < -0.39 is 28.9 Å². The van der Waals surface area contributed by atoms with Crippen molar-refractivity contribution >= 4 is 50.7 Å². The van der Waals surface area contributed by atoms with E-state index in [4.69, 9.17) is 9.47 Å². The van der Waals surface area contributed by atoms with Gasteiger partial charge >= 0.3 is 5.97 Å². The number of pyridine rings is 1. The third-order valence-electron chi connectivity index (χ3n) is 10.1. The first-order valence-electron chi connectivity index (χ1n) is 18.6. The highest BCUT2D eigenvalue weighted by molar-refractivity contribution is 7.22. The number of nitrogens with zero attached hydrogens (tertiary/aromatic N) is 5. The predicted octanol–water partition coefficient (Wildman–Crippen LogP) is 7.19. The third-order valence-corrected chi connectivity index (χ3v) is 11.3. The maximum absolute atomic E-state index is 15.4. The van der Waals surface area contributed by atoms with Crippen molar-refractivity contribution < 1.29 is 32.6 Å². The maximum atomic E-state index is 15.4. The number of thiophene rings is 1. The molecule has 6 aromatic rings. The van der Waals surface area contributed by atoms with E-state index >= 15 is 4.39 Å². The lowest BCUT2D eigenvalue weighted by molar-refractivity contribution is -0.131. The van der Waals surface area contributed by atoms with Crippen LogP contribution in [0.1, 0.15) is 28.8 Å². The van der Waals surface area contributed by atoms with Gasteiger partial charge < -0.3 is 25.0 Å². The number of aromatic nitrogens is 3. The molecule has 0 radical (unpaired) electrons. The van der Waals surface area contributed by atoms with Crippen LogP contribution in [0.3, 0.4) is 0 Å². The fourth-order valence-corrected chi connectivity index (χ4v) is 7.66. The highest BCUT2D eigenvalue weighted by atomic mass is 32.1. The predicted molar refractivity (Wildman–Crippen MR) is 212 cm³/mol. The highest BCUT2D eigenvalue weighted by Crippen LogP contribution is 2.48. The summed E-state index contributed by atoms with van der Waals surface area (Å²) in [7, 11) is 2.13. The van der Waals surface area contributed by atoms with E-state index in [1.54, 1.807) is 29.2 Å². The molecule has 0 atom stereocenters. The Morgan fingerprint density at radius 3 is 2.39 bits per heavy atom. The van der Waals surface area contributed by atoms with Crippen LogP contribution in [0.25, 0.3) is 20.7 Å². The molecule has 1 saturated carbocycles. The van der Waals surface area contributed by atoms with Gasteiger partial charge in [-0.05, 0) is 80.1 Å². The van der Waals surface area contributed by atoms with Crippen molar-refractivity contribution in [3.05, 3.63) is 120 Å². The SMILES string of the molecule is CN1CCN(Cc2cccc(C(=O)OCCn3cc(-c4cc5nccc(Oc6ccc(NC(=O)C7(C(=O)Nc8ccc(F)cc8)CC7)cc6F)c5s4)cn3)c2)CC1. The van der Waals surface area contributed by atoms with E-state index in [1.807, 2.05) is 30.5 Å². The van der Waals surface area contributed by atoms with Crippen molar-refractivity contribution in [1.82, 2.24) is 24.6 Å². The molecule has 2 aliphatic rings. The van der Waals surface area contributed by atoms with E-state index in [9.17, 15) is 18.8 Å². The number of nitrogens with one attached hydrogen (secondary N) is 2. The Morgan fingerprint density at radius 1 is 0.877 bits per heavy atom. The van der Waals surface area contributed by atoms with Crippen molar-refractivity contribution in [1.29, 1.82) is 0 Å². The van der Waals surface area contributed by atoms with Crippen molar-refractivity contribution in [2.75, 3.05) is 50.5 Å². The number of carbonyl (C=O) groups excluding carboxylic acids is 3. The van der Waals surface area contributed by atoms with Gasteiger partial charge in [-0.25, -0.2) is 13.6 Å². The Balaban J connectivity index is 0.862. The number of fused-ring (bicyclic) bond motifs is 1. The third kappa shape index (κ3) is 8.70. The van der Waals surface area contributed by atoms with Gasteiger partial charge in [0.2, 0.25) is 11.8 Å². The van der Waals surface area contributed by atoms with Gasteiger partial charge in [-0.15, -0.1) is 11.3 Å². The van der Waals surface area contributed by atoms with Gasteiger partial charge in [0, 0.05) is 79.1 Å². The summed E-state index contributed by atoms with van der Waals surface area (Å²) in [5.41, 5.74) is 2.34. The fourth-order valence-electron chi connectivity index (χ4n) is 6.62. The van der Waals surface area contributed by atoms with Crippen molar-refractivity contribution in [2.24, 2.45) is 5.41 Å². The van der Waals surface area contributed by atoms with Crippen molar-refractivity contribution in [3.8, 4) is 21.9 Å². The number of ether oxygens (including phenoxy) is 2. The lowest BCUT2D eigenvalue weighted by atomic mass is 10.0. The summed E-state index contributed by atoms with van der Waals surface area (Å²) < 4.78 is 42.6. The van der Waals surface area contributed by atoms with Crippen LogP contribution in [-0.4, -0.2) is 82.2 Å². The van der Waals surface area contributed by atoms with Gasteiger partial charge in [-0.1, -0.05) is 12.1 Å². The number of rotatable bonds is 13. The monoisotopic (exact) mass is 791 g/mol. The summed E-state index contributed by atoms with van der Waals surface area (Å²) >= 11 is 1.41. The second-order valence-electron chi connectivity index (χ2n) is 14.3. The number of hydrogen-bond acceptors (Lipinski definition) is 10. The molecule has 4 heterocycles. The summed E-state index contributed by atoms with van der Waals surface area (Å²) in [6, 6.07) is 20.4. The zero-order chi connectivity index (χ0) is 39.5. The number of anilines is 2. The lowest BCUT2D eigenvalue weighted by Gasteiger charge is -2.32. The molecule has 1 aliphatic heterocycles. The summed E-state index contributed by atoms with van der Waals surface area (Å²) in [6.45, 7) is 5.37. The second kappa shape index (κ2) is 16.2. The van der Waals surface area contributed by atoms with Gasteiger partial charge in [0.1, 0.15) is 23.6 Å². The molecule has 2 N–H and O–H groups in total. The second-order valence-corrected chi connectivity index (χ2v) is 15.3. The molecule has 3 aromatic heterocycles. The molecule has 1 aliphatic carbocycles. The topological polar surface area (TPSA) is 131 Å². The van der Waals surface area contributed by atoms with Gasteiger partial charge in [-0.3, -0.25) is 24.2 Å². The zero-order valence-electron chi connectivity index (χ0n) is 31.0. The number of hydrogen-bond donors (Lipinski definition) is 2. The van der Waals surface area contributed by atoms with E-state index in [2.05, 4.69) is 37.6 Å². The molecule has 2 amide bonds. The van der Waals surface area contributed by atoms with Crippen LogP contribution in [0, 0.1) is 17.0 Å². The normalized spacial score (nSPS) is 15.3. The van der Waals surface area contributed by atoms with E-state index in [-0.39, 0.29) is 24.0 Å². The first kappa shape index (κ1) is 37.9. The molecule has 15 heteroatoms. The number of esters is 1. The molecule has 0 spiro atoms. The zero-order valence-corrected chi connectivity index (χ0v) is 31.9. The molecule has 0 unspecified atom stereocenters. The maximum Gasteiger partial charge on any atom is 0.338 e. The first-order valence-corrected chi connectivity index (χ1v) is 19.4. The van der Waals surface area contributed by atoms with Crippen LogP contribution < -0.4 is 15.4 Å². The van der Waals surface area contributed by atoms with E-state index in [1.165, 1.54) is 47.7 Å². The Bertz CT molecular complexity index is 2440.